The quantitative estimate of drug-likeness (QED) is 0.844. The second-order valence-corrected chi connectivity index (χ2v) is 3.67. The average molecular weight is 260 g/mol. The molecule has 0 aliphatic carbocycles. The van der Waals surface area contributed by atoms with Gasteiger partial charge in [-0.25, -0.2) is 4.39 Å². The Kier molecular flexibility index (Phi) is 4.10. The van der Waals surface area contributed by atoms with E-state index in [1.54, 1.807) is 12.1 Å². The van der Waals surface area contributed by atoms with Gasteiger partial charge in [-0.1, -0.05) is 6.58 Å². The maximum absolute atomic E-state index is 13.0. The molecular weight excluding hydrogens is 249 g/mol. The molecule has 0 atom stereocenters. The van der Waals surface area contributed by atoms with Crippen molar-refractivity contribution in [2.75, 3.05) is 13.2 Å². The van der Waals surface area contributed by atoms with E-state index in [2.05, 4.69) is 22.5 Å². The Morgan fingerprint density at radius 3 is 2.86 bits per heavy atom. The number of benzene rings is 1. The van der Waals surface area contributed by atoms with Crippen LogP contribution in [-0.4, -0.2) is 13.2 Å². The van der Waals surface area contributed by atoms with Crippen LogP contribution in [0.5, 0.6) is 5.75 Å². The summed E-state index contributed by atoms with van der Waals surface area (Å²) in [4.78, 5) is 0. The molecule has 0 bridgehead atoms. The lowest BCUT2D eigenvalue weighted by Gasteiger charge is -2.07. The number of halogens is 2. The molecule has 0 fully saturated rings. The third-order valence-electron chi connectivity index (χ3n) is 1.62. The molecule has 0 saturated carbocycles. The fraction of sp³-hybridized carbons (Fsp3) is 0.200. The zero-order chi connectivity index (χ0) is 10.6. The molecule has 76 valence electrons. The lowest BCUT2D eigenvalue weighted by molar-refractivity contribution is 0.348. The molecule has 0 spiro atoms. The molecule has 1 rings (SSSR count). The highest BCUT2D eigenvalue weighted by Gasteiger charge is 2.01. The SMILES string of the molecule is C=C(CN)COc1ccc(Br)c(F)c1. The van der Waals surface area contributed by atoms with Gasteiger partial charge in [-0.2, -0.15) is 0 Å². The molecule has 1 aromatic rings. The Bertz CT molecular complexity index is 341. The summed E-state index contributed by atoms with van der Waals surface area (Å²) >= 11 is 3.05. The highest BCUT2D eigenvalue weighted by molar-refractivity contribution is 9.10. The van der Waals surface area contributed by atoms with Crippen LogP contribution in [0.3, 0.4) is 0 Å². The van der Waals surface area contributed by atoms with Crippen LogP contribution in [-0.2, 0) is 0 Å². The number of hydrogen-bond acceptors (Lipinski definition) is 2. The highest BCUT2D eigenvalue weighted by Crippen LogP contribution is 2.20. The summed E-state index contributed by atoms with van der Waals surface area (Å²) in [6.07, 6.45) is 0. The third kappa shape index (κ3) is 3.12. The Morgan fingerprint density at radius 1 is 1.57 bits per heavy atom. The summed E-state index contributed by atoms with van der Waals surface area (Å²) in [5.74, 6) is 0.126. The largest absolute Gasteiger partial charge is 0.489 e. The van der Waals surface area contributed by atoms with Crippen LogP contribution in [0.15, 0.2) is 34.8 Å². The Morgan fingerprint density at radius 2 is 2.29 bits per heavy atom. The van der Waals surface area contributed by atoms with E-state index in [0.717, 1.165) is 5.57 Å². The van der Waals surface area contributed by atoms with Crippen LogP contribution in [0.1, 0.15) is 0 Å². The van der Waals surface area contributed by atoms with Crippen molar-refractivity contribution >= 4 is 15.9 Å². The summed E-state index contributed by atoms with van der Waals surface area (Å²) in [7, 11) is 0. The molecule has 0 aromatic heterocycles. The van der Waals surface area contributed by atoms with Crippen LogP contribution in [0, 0.1) is 5.82 Å². The molecule has 0 unspecified atom stereocenters. The third-order valence-corrected chi connectivity index (χ3v) is 2.27. The van der Waals surface area contributed by atoms with Gasteiger partial charge in [-0.3, -0.25) is 0 Å². The van der Waals surface area contributed by atoms with Crippen molar-refractivity contribution in [2.24, 2.45) is 5.73 Å². The van der Waals surface area contributed by atoms with Crippen molar-refractivity contribution in [3.63, 3.8) is 0 Å². The Labute approximate surface area is 90.7 Å². The van der Waals surface area contributed by atoms with E-state index in [1.165, 1.54) is 6.07 Å². The summed E-state index contributed by atoms with van der Waals surface area (Å²) in [6, 6.07) is 4.58. The van der Waals surface area contributed by atoms with Crippen LogP contribution in [0.25, 0.3) is 0 Å². The van der Waals surface area contributed by atoms with Gasteiger partial charge in [0.15, 0.2) is 0 Å². The molecular formula is C10H11BrFNO. The van der Waals surface area contributed by atoms with E-state index < -0.39 is 0 Å². The molecule has 0 radical (unpaired) electrons. The van der Waals surface area contributed by atoms with E-state index in [-0.39, 0.29) is 5.82 Å². The highest BCUT2D eigenvalue weighted by atomic mass is 79.9. The predicted octanol–water partition coefficient (Wildman–Crippen LogP) is 2.48. The van der Waals surface area contributed by atoms with E-state index in [0.29, 0.717) is 23.4 Å². The number of rotatable bonds is 4. The maximum Gasteiger partial charge on any atom is 0.141 e. The first kappa shape index (κ1) is 11.2. The molecule has 2 nitrogen and oxygen atoms in total. The van der Waals surface area contributed by atoms with E-state index in [1.807, 2.05) is 0 Å². The van der Waals surface area contributed by atoms with Gasteiger partial charge in [0.05, 0.1) is 4.47 Å². The molecule has 0 aliphatic rings. The van der Waals surface area contributed by atoms with Crippen LogP contribution in [0.4, 0.5) is 4.39 Å². The zero-order valence-electron chi connectivity index (χ0n) is 7.59. The average Bonchev–Trinajstić information content (AvgIpc) is 2.19. The fourth-order valence-corrected chi connectivity index (χ4v) is 1.06. The minimum atomic E-state index is -0.346. The Hall–Kier alpha value is -0.870. The molecule has 0 saturated heterocycles. The zero-order valence-corrected chi connectivity index (χ0v) is 9.18. The van der Waals surface area contributed by atoms with Crippen molar-refractivity contribution in [2.45, 2.75) is 0 Å². The van der Waals surface area contributed by atoms with Gasteiger partial charge in [0, 0.05) is 12.6 Å². The normalized spacial score (nSPS) is 9.93. The molecule has 0 aliphatic heterocycles. The van der Waals surface area contributed by atoms with E-state index >= 15 is 0 Å². The first-order valence-electron chi connectivity index (χ1n) is 4.08. The van der Waals surface area contributed by atoms with Crippen LogP contribution < -0.4 is 10.5 Å². The smallest absolute Gasteiger partial charge is 0.141 e. The molecule has 2 N–H and O–H groups in total. The van der Waals surface area contributed by atoms with Gasteiger partial charge < -0.3 is 10.5 Å². The van der Waals surface area contributed by atoms with Crippen molar-refractivity contribution in [1.82, 2.24) is 0 Å². The van der Waals surface area contributed by atoms with Gasteiger partial charge in [-0.05, 0) is 33.6 Å². The van der Waals surface area contributed by atoms with Gasteiger partial charge in [0.25, 0.3) is 0 Å². The van der Waals surface area contributed by atoms with E-state index in [4.69, 9.17) is 10.5 Å². The molecule has 1 aromatic carbocycles. The first-order chi connectivity index (χ1) is 6.63. The monoisotopic (exact) mass is 259 g/mol. The first-order valence-corrected chi connectivity index (χ1v) is 4.87. The van der Waals surface area contributed by atoms with E-state index in [9.17, 15) is 4.39 Å². The lowest BCUT2D eigenvalue weighted by Crippen LogP contribution is -2.09. The molecule has 0 heterocycles. The minimum Gasteiger partial charge on any atom is -0.489 e. The molecule has 0 amide bonds. The number of nitrogens with two attached hydrogens (primary N) is 1. The Balaban J connectivity index is 2.60. The molecule has 14 heavy (non-hydrogen) atoms. The van der Waals surface area contributed by atoms with Crippen molar-refractivity contribution in [1.29, 1.82) is 0 Å². The van der Waals surface area contributed by atoms with Crippen molar-refractivity contribution in [3.05, 3.63) is 40.6 Å². The summed E-state index contributed by atoms with van der Waals surface area (Å²) < 4.78 is 18.7. The second-order valence-electron chi connectivity index (χ2n) is 2.82. The van der Waals surface area contributed by atoms with Gasteiger partial charge in [0.2, 0.25) is 0 Å². The van der Waals surface area contributed by atoms with Crippen molar-refractivity contribution in [3.8, 4) is 5.75 Å². The standard InChI is InChI=1S/C10H11BrFNO/c1-7(5-13)6-14-8-2-3-9(11)10(12)4-8/h2-4H,1,5-6,13H2. The predicted molar refractivity (Wildman–Crippen MR) is 57.8 cm³/mol. The van der Waals surface area contributed by atoms with Gasteiger partial charge in [-0.15, -0.1) is 0 Å². The fourth-order valence-electron chi connectivity index (χ4n) is 0.811. The summed E-state index contributed by atoms with van der Waals surface area (Å²) in [5, 5.41) is 0. The second kappa shape index (κ2) is 5.12. The van der Waals surface area contributed by atoms with Crippen LogP contribution in [0.2, 0.25) is 0 Å². The van der Waals surface area contributed by atoms with Gasteiger partial charge in [0.1, 0.15) is 18.2 Å². The van der Waals surface area contributed by atoms with Gasteiger partial charge >= 0.3 is 0 Å². The number of ether oxygens (including phenoxy) is 1. The topological polar surface area (TPSA) is 35.2 Å². The summed E-state index contributed by atoms with van der Waals surface area (Å²) in [5.41, 5.74) is 6.10. The minimum absolute atomic E-state index is 0.317. The summed E-state index contributed by atoms with van der Waals surface area (Å²) in [6.45, 7) is 4.37. The number of hydrogen-bond donors (Lipinski definition) is 1. The van der Waals surface area contributed by atoms with Crippen LogP contribution >= 0.6 is 15.9 Å². The maximum atomic E-state index is 13.0. The lowest BCUT2D eigenvalue weighted by atomic mass is 10.3. The molecule has 4 heteroatoms. The van der Waals surface area contributed by atoms with Crippen molar-refractivity contribution < 1.29 is 9.13 Å².